The van der Waals surface area contributed by atoms with Gasteiger partial charge in [-0.05, 0) is 24.6 Å². The van der Waals surface area contributed by atoms with E-state index in [9.17, 15) is 9.18 Å². The quantitative estimate of drug-likeness (QED) is 0.595. The van der Waals surface area contributed by atoms with Gasteiger partial charge < -0.3 is 9.72 Å². The minimum absolute atomic E-state index is 0.242. The summed E-state index contributed by atoms with van der Waals surface area (Å²) in [6, 6.07) is 6.14. The first kappa shape index (κ1) is 14.6. The fraction of sp³-hybridized carbons (Fsp3) is 0.438. The number of ether oxygens (including phenoxy) is 1. The molecule has 0 unspecified atom stereocenters. The molecule has 0 amide bonds. The van der Waals surface area contributed by atoms with E-state index < -0.39 is 0 Å². The number of hydrogen-bond acceptors (Lipinski definition) is 2. The van der Waals surface area contributed by atoms with E-state index in [1.165, 1.54) is 25.0 Å². The number of carbonyl (C=O) groups is 1. The molecule has 1 heterocycles. The largest absolute Gasteiger partial charge is 0.409 e. The van der Waals surface area contributed by atoms with E-state index in [0.717, 1.165) is 24.6 Å². The predicted octanol–water partition coefficient (Wildman–Crippen LogP) is 4.57. The van der Waals surface area contributed by atoms with Crippen molar-refractivity contribution in [2.45, 2.75) is 45.4 Å². The standard InChI is InChI=1S/C16H20FNO2/c1-2-3-4-5-6-7-16(19)20-15-10-12-8-9-13(17)11-14(12)18-15/h8-11,18H,2-7H2,1H3. The van der Waals surface area contributed by atoms with E-state index in [1.54, 1.807) is 12.1 Å². The number of esters is 1. The number of H-pyrrole nitrogens is 1. The Hall–Kier alpha value is -1.84. The molecule has 0 radical (unpaired) electrons. The Kier molecular flexibility index (Phi) is 5.16. The lowest BCUT2D eigenvalue weighted by molar-refractivity contribution is -0.134. The Morgan fingerprint density at radius 2 is 2.00 bits per heavy atom. The molecule has 0 saturated carbocycles. The first-order valence-corrected chi connectivity index (χ1v) is 7.18. The number of aromatic amines is 1. The third-order valence-electron chi connectivity index (χ3n) is 3.27. The Bertz CT molecular complexity index is 577. The average molecular weight is 277 g/mol. The van der Waals surface area contributed by atoms with Crippen LogP contribution < -0.4 is 4.74 Å². The maximum Gasteiger partial charge on any atom is 0.312 e. The second-order valence-corrected chi connectivity index (χ2v) is 5.00. The molecule has 0 bridgehead atoms. The molecular formula is C16H20FNO2. The zero-order valence-electron chi connectivity index (χ0n) is 11.7. The number of hydrogen-bond donors (Lipinski definition) is 1. The van der Waals surface area contributed by atoms with Crippen LogP contribution in [0.15, 0.2) is 24.3 Å². The molecule has 2 aromatic rings. The molecule has 1 aromatic carbocycles. The van der Waals surface area contributed by atoms with Crippen LogP contribution in [0.25, 0.3) is 10.9 Å². The van der Waals surface area contributed by atoms with Gasteiger partial charge in [-0.3, -0.25) is 4.79 Å². The van der Waals surface area contributed by atoms with Crippen molar-refractivity contribution in [2.75, 3.05) is 0 Å². The molecule has 20 heavy (non-hydrogen) atoms. The van der Waals surface area contributed by atoms with Gasteiger partial charge in [-0.1, -0.05) is 32.6 Å². The summed E-state index contributed by atoms with van der Waals surface area (Å²) in [6.07, 6.45) is 5.90. The van der Waals surface area contributed by atoms with Crippen molar-refractivity contribution < 1.29 is 13.9 Å². The van der Waals surface area contributed by atoms with Crippen LogP contribution in [0.4, 0.5) is 4.39 Å². The third-order valence-corrected chi connectivity index (χ3v) is 3.27. The van der Waals surface area contributed by atoms with Crippen LogP contribution in [0.5, 0.6) is 5.88 Å². The highest BCUT2D eigenvalue weighted by Gasteiger charge is 2.08. The molecule has 0 fully saturated rings. The van der Waals surface area contributed by atoms with E-state index >= 15 is 0 Å². The van der Waals surface area contributed by atoms with E-state index in [4.69, 9.17) is 4.74 Å². The highest BCUT2D eigenvalue weighted by atomic mass is 19.1. The van der Waals surface area contributed by atoms with Gasteiger partial charge in [0.05, 0.1) is 5.52 Å². The van der Waals surface area contributed by atoms with Crippen LogP contribution >= 0.6 is 0 Å². The predicted molar refractivity (Wildman–Crippen MR) is 77.3 cm³/mol. The van der Waals surface area contributed by atoms with Gasteiger partial charge in [0.1, 0.15) is 5.82 Å². The minimum Gasteiger partial charge on any atom is -0.409 e. The summed E-state index contributed by atoms with van der Waals surface area (Å²) in [5.41, 5.74) is 0.635. The van der Waals surface area contributed by atoms with Crippen LogP contribution in [0.3, 0.4) is 0 Å². The van der Waals surface area contributed by atoms with Crippen molar-refractivity contribution in [3.8, 4) is 5.88 Å². The van der Waals surface area contributed by atoms with Gasteiger partial charge in [-0.2, -0.15) is 0 Å². The van der Waals surface area contributed by atoms with Crippen LogP contribution in [0.1, 0.15) is 45.4 Å². The van der Waals surface area contributed by atoms with Gasteiger partial charge in [-0.15, -0.1) is 0 Å². The number of aromatic nitrogens is 1. The molecular weight excluding hydrogens is 257 g/mol. The molecule has 1 aromatic heterocycles. The van der Waals surface area contributed by atoms with Crippen molar-refractivity contribution in [3.63, 3.8) is 0 Å². The fourth-order valence-electron chi connectivity index (χ4n) is 2.17. The van der Waals surface area contributed by atoms with Crippen molar-refractivity contribution in [1.82, 2.24) is 4.98 Å². The summed E-state index contributed by atoms with van der Waals surface area (Å²) in [5.74, 6) is -0.175. The SMILES string of the molecule is CCCCCCCC(=O)Oc1cc2ccc(F)cc2[nH]1. The Morgan fingerprint density at radius 3 is 2.80 bits per heavy atom. The summed E-state index contributed by atoms with van der Waals surface area (Å²) in [7, 11) is 0. The van der Waals surface area contributed by atoms with E-state index in [0.29, 0.717) is 17.8 Å². The second-order valence-electron chi connectivity index (χ2n) is 5.00. The maximum absolute atomic E-state index is 13.0. The smallest absolute Gasteiger partial charge is 0.312 e. The number of nitrogens with one attached hydrogen (secondary N) is 1. The average Bonchev–Trinajstić information content (AvgIpc) is 2.79. The normalized spacial score (nSPS) is 10.9. The van der Waals surface area contributed by atoms with Crippen molar-refractivity contribution in [1.29, 1.82) is 0 Å². The lowest BCUT2D eigenvalue weighted by atomic mass is 10.1. The first-order valence-electron chi connectivity index (χ1n) is 7.18. The number of carbonyl (C=O) groups excluding carboxylic acids is 1. The zero-order chi connectivity index (χ0) is 14.4. The Morgan fingerprint density at radius 1 is 1.20 bits per heavy atom. The van der Waals surface area contributed by atoms with E-state index in [1.807, 2.05) is 0 Å². The van der Waals surface area contributed by atoms with Gasteiger partial charge in [-0.25, -0.2) is 4.39 Å². The van der Waals surface area contributed by atoms with Crippen molar-refractivity contribution in [2.24, 2.45) is 0 Å². The first-order chi connectivity index (χ1) is 9.69. The lowest BCUT2D eigenvalue weighted by Crippen LogP contribution is -2.07. The highest BCUT2D eigenvalue weighted by Crippen LogP contribution is 2.21. The molecule has 2 rings (SSSR count). The molecule has 108 valence electrons. The molecule has 0 aliphatic heterocycles. The molecule has 0 saturated heterocycles. The van der Waals surface area contributed by atoms with E-state index in [-0.39, 0.29) is 11.8 Å². The van der Waals surface area contributed by atoms with Gasteiger partial charge in [0, 0.05) is 17.9 Å². The van der Waals surface area contributed by atoms with Crippen LogP contribution in [-0.2, 0) is 4.79 Å². The highest BCUT2D eigenvalue weighted by molar-refractivity contribution is 5.82. The summed E-state index contributed by atoms with van der Waals surface area (Å²) < 4.78 is 18.3. The number of rotatable bonds is 7. The van der Waals surface area contributed by atoms with Crippen molar-refractivity contribution in [3.05, 3.63) is 30.1 Å². The molecule has 3 nitrogen and oxygen atoms in total. The zero-order valence-corrected chi connectivity index (χ0v) is 11.7. The number of benzene rings is 1. The molecule has 0 spiro atoms. The van der Waals surface area contributed by atoms with Gasteiger partial charge in [0.25, 0.3) is 0 Å². The summed E-state index contributed by atoms with van der Waals surface area (Å²) in [5, 5.41) is 0.831. The van der Waals surface area contributed by atoms with Gasteiger partial charge >= 0.3 is 5.97 Å². The summed E-state index contributed by atoms with van der Waals surface area (Å²) in [4.78, 5) is 14.6. The topological polar surface area (TPSA) is 42.1 Å². The van der Waals surface area contributed by atoms with Crippen LogP contribution in [0, 0.1) is 5.82 Å². The van der Waals surface area contributed by atoms with E-state index in [2.05, 4.69) is 11.9 Å². The number of halogens is 1. The number of unbranched alkanes of at least 4 members (excludes halogenated alkanes) is 4. The van der Waals surface area contributed by atoms with Gasteiger partial charge in [0.15, 0.2) is 0 Å². The summed E-state index contributed by atoms with van der Waals surface area (Å²) >= 11 is 0. The van der Waals surface area contributed by atoms with Crippen LogP contribution in [-0.4, -0.2) is 11.0 Å². The van der Waals surface area contributed by atoms with Crippen molar-refractivity contribution >= 4 is 16.9 Å². The maximum atomic E-state index is 13.0. The molecule has 4 heteroatoms. The third kappa shape index (κ3) is 4.08. The van der Waals surface area contributed by atoms with Gasteiger partial charge in [0.2, 0.25) is 5.88 Å². The number of fused-ring (bicyclic) bond motifs is 1. The van der Waals surface area contributed by atoms with Crippen LogP contribution in [0.2, 0.25) is 0 Å². The Balaban J connectivity index is 1.83. The monoisotopic (exact) mass is 277 g/mol. The molecule has 1 N–H and O–H groups in total. The lowest BCUT2D eigenvalue weighted by Gasteiger charge is -2.01. The molecule has 0 atom stereocenters. The minimum atomic E-state index is -0.312. The molecule has 0 aliphatic carbocycles. The second kappa shape index (κ2) is 7.08. The molecule has 0 aliphatic rings. The summed E-state index contributed by atoms with van der Waals surface area (Å²) in [6.45, 7) is 2.16. The Labute approximate surface area is 118 Å². The fourth-order valence-corrected chi connectivity index (χ4v) is 2.17.